The zero-order chi connectivity index (χ0) is 14.8. The van der Waals surface area contributed by atoms with Crippen molar-refractivity contribution < 1.29 is 4.79 Å². The van der Waals surface area contributed by atoms with E-state index in [2.05, 4.69) is 0 Å². The molecule has 19 heavy (non-hydrogen) atoms. The lowest BCUT2D eigenvalue weighted by atomic mass is 9.64. The lowest BCUT2D eigenvalue weighted by Crippen LogP contribution is -2.40. The van der Waals surface area contributed by atoms with Gasteiger partial charge in [-0.05, 0) is 20.3 Å². The van der Waals surface area contributed by atoms with Gasteiger partial charge in [-0.2, -0.15) is 15.8 Å². The molecule has 0 amide bonds. The maximum absolute atomic E-state index is 12.0. The Balaban J connectivity index is 3.69. The van der Waals surface area contributed by atoms with Gasteiger partial charge in [-0.15, -0.1) is 0 Å². The third-order valence-electron chi connectivity index (χ3n) is 4.22. The number of hydrogen-bond acceptors (Lipinski definition) is 5. The Labute approximate surface area is 112 Å². The summed E-state index contributed by atoms with van der Waals surface area (Å²) < 4.78 is 0. The van der Waals surface area contributed by atoms with Gasteiger partial charge in [0.1, 0.15) is 5.78 Å². The third kappa shape index (κ3) is 1.61. The van der Waals surface area contributed by atoms with Gasteiger partial charge in [0.05, 0.1) is 29.2 Å². The van der Waals surface area contributed by atoms with Gasteiger partial charge in [-0.25, -0.2) is 0 Å². The number of allylic oxidation sites excluding steroid dienone is 2. The normalized spacial score (nSPS) is 28.3. The van der Waals surface area contributed by atoms with E-state index in [1.807, 2.05) is 25.1 Å². The molecule has 0 aromatic rings. The predicted octanol–water partition coefficient (Wildman–Crippen LogP) is 1.78. The van der Waals surface area contributed by atoms with Crippen molar-refractivity contribution in [1.29, 1.82) is 15.8 Å². The van der Waals surface area contributed by atoms with Crippen LogP contribution in [0.1, 0.15) is 33.6 Å². The molecule has 0 fully saturated rings. The Kier molecular flexibility index (Phi) is 3.68. The highest BCUT2D eigenvalue weighted by Gasteiger charge is 2.62. The van der Waals surface area contributed by atoms with E-state index in [1.165, 1.54) is 6.92 Å². The fourth-order valence-corrected chi connectivity index (χ4v) is 2.94. The minimum absolute atomic E-state index is 0.0614. The molecule has 5 heteroatoms. The lowest BCUT2D eigenvalue weighted by molar-refractivity contribution is -0.126. The van der Waals surface area contributed by atoms with E-state index in [1.54, 1.807) is 6.92 Å². The molecule has 2 N–H and O–H groups in total. The largest absolute Gasteiger partial charge is 0.400 e. The van der Waals surface area contributed by atoms with Crippen LogP contribution in [0.15, 0.2) is 11.3 Å². The van der Waals surface area contributed by atoms with Crippen LogP contribution in [0.3, 0.4) is 0 Å². The first kappa shape index (κ1) is 14.7. The van der Waals surface area contributed by atoms with E-state index < -0.39 is 16.7 Å². The van der Waals surface area contributed by atoms with E-state index in [0.29, 0.717) is 12.8 Å². The zero-order valence-corrected chi connectivity index (χ0v) is 11.3. The lowest BCUT2D eigenvalue weighted by Gasteiger charge is -2.34. The van der Waals surface area contributed by atoms with E-state index >= 15 is 0 Å². The molecule has 0 unspecified atom stereocenters. The van der Waals surface area contributed by atoms with Crippen LogP contribution >= 0.6 is 0 Å². The highest BCUT2D eigenvalue weighted by molar-refractivity contribution is 5.88. The third-order valence-corrected chi connectivity index (χ3v) is 4.22. The number of carbonyl (C=O) groups excluding carboxylic acids is 1. The van der Waals surface area contributed by atoms with E-state index in [0.717, 1.165) is 0 Å². The van der Waals surface area contributed by atoms with Gasteiger partial charge in [0, 0.05) is 11.6 Å². The van der Waals surface area contributed by atoms with Crippen LogP contribution in [0.2, 0.25) is 0 Å². The van der Waals surface area contributed by atoms with Gasteiger partial charge in [-0.3, -0.25) is 4.79 Å². The summed E-state index contributed by atoms with van der Waals surface area (Å²) in [6.07, 6.45) is 1.19. The molecule has 0 spiro atoms. The number of ketones is 1. The Hall–Kier alpha value is -2.32. The fourth-order valence-electron chi connectivity index (χ4n) is 2.94. The molecular formula is C14H16N4O. The van der Waals surface area contributed by atoms with Gasteiger partial charge in [0.25, 0.3) is 0 Å². The summed E-state index contributed by atoms with van der Waals surface area (Å²) in [4.78, 5) is 12.0. The summed E-state index contributed by atoms with van der Waals surface area (Å²) >= 11 is 0. The van der Waals surface area contributed by atoms with Crippen molar-refractivity contribution in [2.75, 3.05) is 0 Å². The average Bonchev–Trinajstić information content (AvgIpc) is 2.58. The number of Topliss-reactive ketones (excluding diaryl/α,β-unsaturated/α-hetero) is 1. The number of nitrogens with two attached hydrogens (primary N) is 1. The smallest absolute Gasteiger partial charge is 0.184 e. The predicted molar refractivity (Wildman–Crippen MR) is 67.7 cm³/mol. The zero-order valence-electron chi connectivity index (χ0n) is 11.3. The molecule has 0 heterocycles. The maximum Gasteiger partial charge on any atom is 0.184 e. The second-order valence-corrected chi connectivity index (χ2v) is 5.03. The van der Waals surface area contributed by atoms with Gasteiger partial charge in [0.15, 0.2) is 5.41 Å². The van der Waals surface area contributed by atoms with Gasteiger partial charge >= 0.3 is 0 Å². The second kappa shape index (κ2) is 4.75. The topological polar surface area (TPSA) is 114 Å². The van der Waals surface area contributed by atoms with Gasteiger partial charge < -0.3 is 5.73 Å². The molecule has 0 aliphatic heterocycles. The average molecular weight is 256 g/mol. The van der Waals surface area contributed by atoms with Crippen molar-refractivity contribution in [3.8, 4) is 18.2 Å². The molecule has 98 valence electrons. The van der Waals surface area contributed by atoms with Crippen LogP contribution in [0.25, 0.3) is 0 Å². The summed E-state index contributed by atoms with van der Waals surface area (Å²) in [5, 5.41) is 28.1. The summed E-state index contributed by atoms with van der Waals surface area (Å²) in [7, 11) is 0. The van der Waals surface area contributed by atoms with Crippen LogP contribution in [0.5, 0.6) is 0 Å². The van der Waals surface area contributed by atoms with Gasteiger partial charge in [-0.1, -0.05) is 13.3 Å². The highest BCUT2D eigenvalue weighted by Crippen LogP contribution is 2.57. The minimum atomic E-state index is -1.62. The van der Waals surface area contributed by atoms with Crippen LogP contribution in [0.4, 0.5) is 0 Å². The second-order valence-electron chi connectivity index (χ2n) is 5.03. The summed E-state index contributed by atoms with van der Waals surface area (Å²) in [6, 6.07) is 5.72. The van der Waals surface area contributed by atoms with E-state index in [-0.39, 0.29) is 17.1 Å². The van der Waals surface area contributed by atoms with Crippen molar-refractivity contribution in [2.24, 2.45) is 22.5 Å². The first-order valence-corrected chi connectivity index (χ1v) is 6.11. The molecule has 1 aliphatic carbocycles. The van der Waals surface area contributed by atoms with Crippen molar-refractivity contribution in [3.05, 3.63) is 11.3 Å². The molecule has 1 aliphatic rings. The van der Waals surface area contributed by atoms with Crippen molar-refractivity contribution in [2.45, 2.75) is 33.6 Å². The number of nitrogens with zero attached hydrogens (tertiary/aromatic N) is 3. The molecule has 0 aromatic heterocycles. The standard InChI is InChI=1S/C14H16N4O/c1-4-5-11-13(3,9(2)19)12(18)10(6-15)14(11,7-16)8-17/h11H,4-5,18H2,1-3H3/t11-,13-/m0/s1. The molecule has 0 saturated carbocycles. The number of rotatable bonds is 3. The van der Waals surface area contributed by atoms with Crippen LogP contribution in [-0.2, 0) is 4.79 Å². The van der Waals surface area contributed by atoms with E-state index in [9.17, 15) is 20.6 Å². The summed E-state index contributed by atoms with van der Waals surface area (Å²) in [6.45, 7) is 4.91. The SMILES string of the molecule is CCC[C@@H]1C(C#N)(C#N)C(C#N)=C(N)[C@@]1(C)C(C)=O. The fraction of sp³-hybridized carbons (Fsp3) is 0.571. The number of nitriles is 3. The minimum Gasteiger partial charge on any atom is -0.400 e. The Morgan fingerprint density at radius 1 is 1.37 bits per heavy atom. The van der Waals surface area contributed by atoms with E-state index in [4.69, 9.17) is 5.73 Å². The summed E-state index contributed by atoms with van der Waals surface area (Å²) in [5.74, 6) is -0.796. The Bertz CT molecular complexity index is 556. The molecule has 5 nitrogen and oxygen atoms in total. The number of carbonyl (C=O) groups is 1. The first-order valence-electron chi connectivity index (χ1n) is 6.11. The molecular weight excluding hydrogens is 240 g/mol. The Morgan fingerprint density at radius 3 is 2.21 bits per heavy atom. The molecule has 0 saturated heterocycles. The molecule has 0 radical (unpaired) electrons. The van der Waals surface area contributed by atoms with Gasteiger partial charge in [0.2, 0.25) is 0 Å². The molecule has 1 rings (SSSR count). The first-order chi connectivity index (χ1) is 8.86. The van der Waals surface area contributed by atoms with Crippen LogP contribution in [0, 0.1) is 50.7 Å². The van der Waals surface area contributed by atoms with Crippen LogP contribution in [-0.4, -0.2) is 5.78 Å². The number of hydrogen-bond donors (Lipinski definition) is 1. The molecule has 0 bridgehead atoms. The highest BCUT2D eigenvalue weighted by atomic mass is 16.1. The van der Waals surface area contributed by atoms with Crippen molar-refractivity contribution in [3.63, 3.8) is 0 Å². The van der Waals surface area contributed by atoms with Crippen LogP contribution < -0.4 is 5.73 Å². The molecule has 0 aromatic carbocycles. The summed E-state index contributed by atoms with van der Waals surface area (Å²) in [5.41, 5.74) is 3.23. The van der Waals surface area contributed by atoms with Crippen molar-refractivity contribution >= 4 is 5.78 Å². The molecule has 2 atom stereocenters. The maximum atomic E-state index is 12.0. The van der Waals surface area contributed by atoms with Crippen molar-refractivity contribution in [1.82, 2.24) is 0 Å². The monoisotopic (exact) mass is 256 g/mol. The Morgan fingerprint density at radius 2 is 1.89 bits per heavy atom. The quantitative estimate of drug-likeness (QED) is 0.826.